The maximum Gasteiger partial charge on any atom is 0.405 e. The highest BCUT2D eigenvalue weighted by Gasteiger charge is 2.28. The summed E-state index contributed by atoms with van der Waals surface area (Å²) < 4.78 is 36.7. The third kappa shape index (κ3) is 4.42. The molecule has 0 aromatic carbocycles. The van der Waals surface area contributed by atoms with Crippen molar-refractivity contribution >= 4 is 40.2 Å². The fraction of sp³-hybridized carbons (Fsp3) is 0.250. The van der Waals surface area contributed by atoms with Crippen LogP contribution in [0.4, 0.5) is 24.8 Å². The molecule has 0 aliphatic carbocycles. The smallest absolute Gasteiger partial charge is 0.396 e. The third-order valence-corrected chi connectivity index (χ3v) is 3.98. The molecule has 0 spiro atoms. The number of carbonyl (C=O) groups excluding carboxylic acids is 1. The second-order valence-electron chi connectivity index (χ2n) is 5.95. The first kappa shape index (κ1) is 19.7. The summed E-state index contributed by atoms with van der Waals surface area (Å²) >= 11 is 5.99. The summed E-state index contributed by atoms with van der Waals surface area (Å²) in [7, 11) is 0. The summed E-state index contributed by atoms with van der Waals surface area (Å²) in [6, 6.07) is 0.690. The number of nitrogen functional groups attached to an aromatic ring is 1. The number of rotatable bonds is 5. The number of anilines is 2. The van der Waals surface area contributed by atoms with Crippen LogP contribution in [0.15, 0.2) is 24.7 Å². The summed E-state index contributed by atoms with van der Waals surface area (Å²) in [6.07, 6.45) is -0.0234. The highest BCUT2D eigenvalue weighted by molar-refractivity contribution is 6.31. The second kappa shape index (κ2) is 7.50. The number of H-pyrrole nitrogens is 1. The highest BCUT2D eigenvalue weighted by atomic mass is 35.5. The Labute approximate surface area is 161 Å². The summed E-state index contributed by atoms with van der Waals surface area (Å²) in [4.78, 5) is 27.2. The Morgan fingerprint density at radius 3 is 2.82 bits per heavy atom. The van der Waals surface area contributed by atoms with Crippen molar-refractivity contribution in [3.63, 3.8) is 0 Å². The molecule has 0 aliphatic rings. The lowest BCUT2D eigenvalue weighted by Gasteiger charge is -2.15. The lowest BCUT2D eigenvalue weighted by Crippen LogP contribution is -2.42. The van der Waals surface area contributed by atoms with E-state index in [1.54, 1.807) is 17.6 Å². The van der Waals surface area contributed by atoms with Crippen molar-refractivity contribution in [3.8, 4) is 11.3 Å². The van der Waals surface area contributed by atoms with Gasteiger partial charge in [-0.1, -0.05) is 11.6 Å². The van der Waals surface area contributed by atoms with Gasteiger partial charge in [-0.3, -0.25) is 4.79 Å². The lowest BCUT2D eigenvalue weighted by atomic mass is 10.1. The summed E-state index contributed by atoms with van der Waals surface area (Å²) in [6.45, 7) is -0.0325. The van der Waals surface area contributed by atoms with Gasteiger partial charge in [0.25, 0.3) is 0 Å². The molecule has 3 aromatic rings. The van der Waals surface area contributed by atoms with Crippen LogP contribution in [0, 0.1) is 0 Å². The number of amides is 1. The van der Waals surface area contributed by atoms with Gasteiger partial charge >= 0.3 is 6.18 Å². The Balaban J connectivity index is 1.83. The number of aromatic amines is 1. The van der Waals surface area contributed by atoms with E-state index in [1.807, 2.05) is 0 Å². The average Bonchev–Trinajstić information content (AvgIpc) is 3.03. The Hall–Kier alpha value is -3.08. The number of halogens is 4. The highest BCUT2D eigenvalue weighted by Crippen LogP contribution is 2.31. The maximum atomic E-state index is 12.2. The van der Waals surface area contributed by atoms with E-state index in [1.165, 1.54) is 19.3 Å². The topological polar surface area (TPSA) is 122 Å². The minimum absolute atomic E-state index is 0.0307. The van der Waals surface area contributed by atoms with Gasteiger partial charge < -0.3 is 21.4 Å². The zero-order valence-corrected chi connectivity index (χ0v) is 15.2. The van der Waals surface area contributed by atoms with Crippen LogP contribution in [0.5, 0.6) is 0 Å². The van der Waals surface area contributed by atoms with E-state index in [9.17, 15) is 18.0 Å². The Morgan fingerprint density at radius 2 is 2.11 bits per heavy atom. The molecule has 0 saturated carbocycles. The molecule has 0 aliphatic heterocycles. The van der Waals surface area contributed by atoms with Crippen LogP contribution in [-0.2, 0) is 4.79 Å². The molecule has 148 valence electrons. The molecule has 12 heteroatoms. The zero-order chi connectivity index (χ0) is 20.5. The number of hydrogen-bond acceptors (Lipinski definition) is 6. The van der Waals surface area contributed by atoms with E-state index in [0.717, 1.165) is 0 Å². The van der Waals surface area contributed by atoms with Gasteiger partial charge in [0, 0.05) is 23.3 Å². The fourth-order valence-electron chi connectivity index (χ4n) is 2.45. The monoisotopic (exact) mass is 413 g/mol. The van der Waals surface area contributed by atoms with E-state index in [4.69, 9.17) is 17.3 Å². The standard InChI is InChI=1S/C16H15ClF3N7O/c1-7(14(28)25-6-16(18,19)20)26-15-24-5-11(21)12(27-15)10-4-23-13-9(10)2-8(17)3-22-13/h2-5,7H,6,21H2,1H3,(H,22,23)(H,25,28)(H,24,26,27)/t7-/m0/s1. The number of nitrogens with one attached hydrogen (secondary N) is 3. The predicted octanol–water partition coefficient (Wildman–Crippen LogP) is 2.73. The number of nitrogens with zero attached hydrogens (tertiary/aromatic N) is 3. The number of alkyl halides is 3. The third-order valence-electron chi connectivity index (χ3n) is 3.77. The number of carbonyl (C=O) groups is 1. The van der Waals surface area contributed by atoms with E-state index in [-0.39, 0.29) is 11.6 Å². The van der Waals surface area contributed by atoms with Gasteiger partial charge in [0.05, 0.1) is 16.9 Å². The van der Waals surface area contributed by atoms with Crippen LogP contribution >= 0.6 is 11.6 Å². The quantitative estimate of drug-likeness (QED) is 0.510. The van der Waals surface area contributed by atoms with Gasteiger partial charge in [-0.05, 0) is 13.0 Å². The predicted molar refractivity (Wildman–Crippen MR) is 98.7 cm³/mol. The summed E-state index contributed by atoms with van der Waals surface area (Å²) in [5, 5.41) is 5.56. The van der Waals surface area contributed by atoms with Crippen LogP contribution in [0.1, 0.15) is 6.92 Å². The van der Waals surface area contributed by atoms with Crippen molar-refractivity contribution in [1.82, 2.24) is 25.3 Å². The van der Waals surface area contributed by atoms with Crippen LogP contribution in [0.25, 0.3) is 22.3 Å². The lowest BCUT2D eigenvalue weighted by molar-refractivity contribution is -0.138. The Kier molecular flexibility index (Phi) is 5.27. The molecule has 3 aromatic heterocycles. The van der Waals surface area contributed by atoms with Crippen molar-refractivity contribution in [1.29, 1.82) is 0 Å². The molecule has 0 bridgehead atoms. The average molecular weight is 414 g/mol. The van der Waals surface area contributed by atoms with Crippen molar-refractivity contribution in [2.75, 3.05) is 17.6 Å². The van der Waals surface area contributed by atoms with Crippen LogP contribution in [0.3, 0.4) is 0 Å². The molecule has 0 radical (unpaired) electrons. The molecule has 0 saturated heterocycles. The van der Waals surface area contributed by atoms with Crippen molar-refractivity contribution in [3.05, 3.63) is 29.7 Å². The van der Waals surface area contributed by atoms with Gasteiger partial charge in [0.1, 0.15) is 23.9 Å². The van der Waals surface area contributed by atoms with Gasteiger partial charge in [-0.2, -0.15) is 13.2 Å². The molecule has 28 heavy (non-hydrogen) atoms. The van der Waals surface area contributed by atoms with Gasteiger partial charge in [0.15, 0.2) is 0 Å². The minimum atomic E-state index is -4.50. The summed E-state index contributed by atoms with van der Waals surface area (Å²) in [5.74, 6) is -0.814. The molecule has 3 heterocycles. The molecule has 3 rings (SSSR count). The molecule has 1 amide bonds. The first-order valence-corrected chi connectivity index (χ1v) is 8.38. The first-order chi connectivity index (χ1) is 13.1. The van der Waals surface area contributed by atoms with E-state index < -0.39 is 24.7 Å². The molecule has 8 nitrogen and oxygen atoms in total. The maximum absolute atomic E-state index is 12.2. The number of aromatic nitrogens is 4. The molecular weight excluding hydrogens is 399 g/mol. The number of nitrogens with two attached hydrogens (primary N) is 1. The zero-order valence-electron chi connectivity index (χ0n) is 14.4. The van der Waals surface area contributed by atoms with Crippen LogP contribution in [0.2, 0.25) is 5.02 Å². The Morgan fingerprint density at radius 1 is 1.36 bits per heavy atom. The van der Waals surface area contributed by atoms with Gasteiger partial charge in [-0.15, -0.1) is 0 Å². The largest absolute Gasteiger partial charge is 0.405 e. The molecular formula is C16H15ClF3N7O. The molecule has 5 N–H and O–H groups in total. The molecule has 0 unspecified atom stereocenters. The number of pyridine rings is 1. The van der Waals surface area contributed by atoms with Crippen molar-refractivity contribution in [2.45, 2.75) is 19.1 Å². The van der Waals surface area contributed by atoms with Gasteiger partial charge in [0.2, 0.25) is 11.9 Å². The SMILES string of the molecule is C[C@H](Nc1ncc(N)c(-c2c[nH]c3ncc(Cl)cc23)n1)C(=O)NCC(F)(F)F. The second-order valence-corrected chi connectivity index (χ2v) is 6.39. The van der Waals surface area contributed by atoms with Crippen molar-refractivity contribution < 1.29 is 18.0 Å². The summed E-state index contributed by atoms with van der Waals surface area (Å²) in [5.41, 5.74) is 7.78. The Bertz CT molecular complexity index is 1020. The van der Waals surface area contributed by atoms with E-state index in [2.05, 4.69) is 25.3 Å². The first-order valence-electron chi connectivity index (χ1n) is 8.00. The van der Waals surface area contributed by atoms with E-state index >= 15 is 0 Å². The number of hydrogen-bond donors (Lipinski definition) is 4. The minimum Gasteiger partial charge on any atom is -0.396 e. The fourth-order valence-corrected chi connectivity index (χ4v) is 2.61. The van der Waals surface area contributed by atoms with E-state index in [0.29, 0.717) is 27.3 Å². The van der Waals surface area contributed by atoms with Crippen LogP contribution in [-0.4, -0.2) is 44.6 Å². The van der Waals surface area contributed by atoms with Crippen LogP contribution < -0.4 is 16.4 Å². The number of fused-ring (bicyclic) bond motifs is 1. The van der Waals surface area contributed by atoms with Crippen molar-refractivity contribution in [2.24, 2.45) is 0 Å². The van der Waals surface area contributed by atoms with Gasteiger partial charge in [-0.25, -0.2) is 15.0 Å². The normalized spacial score (nSPS) is 12.8. The molecule has 1 atom stereocenters. The molecule has 0 fully saturated rings.